The molecule has 4 N–H and O–H groups in total. The number of rotatable bonds is 5. The number of carbonyl (C=O) groups is 1. The Balaban J connectivity index is 1.94. The van der Waals surface area contributed by atoms with E-state index in [2.05, 4.69) is 10.6 Å². The maximum absolute atomic E-state index is 13.7. The van der Waals surface area contributed by atoms with E-state index < -0.39 is 6.17 Å². The molecule has 1 saturated heterocycles. The van der Waals surface area contributed by atoms with Gasteiger partial charge in [0.1, 0.15) is 6.17 Å². The maximum atomic E-state index is 13.7. The van der Waals surface area contributed by atoms with Crippen LogP contribution < -0.4 is 21.3 Å². The molecule has 0 spiro atoms. The lowest BCUT2D eigenvalue weighted by atomic mass is 10.1. The number of aryl methyl sites for hydroxylation is 1. The van der Waals surface area contributed by atoms with Crippen LogP contribution in [0, 0.1) is 6.92 Å². The number of nitrogens with zero attached hydrogens (tertiary/aromatic N) is 1. The summed E-state index contributed by atoms with van der Waals surface area (Å²) < 4.78 is 13.7. The zero-order valence-electron chi connectivity index (χ0n) is 15.2. The molecule has 0 saturated carbocycles. The number of carbonyl (C=O) groups excluding carboxylic acids is 1. The second-order valence-electron chi connectivity index (χ2n) is 6.64. The van der Waals surface area contributed by atoms with E-state index >= 15 is 0 Å². The Morgan fingerprint density at radius 2 is 2.04 bits per heavy atom. The SMILES string of the molecule is CCNc1cc(N2CC[C@@H](F)C2)c(C(=O)Nc2ccc(C)cc2)cc1N. The predicted octanol–water partition coefficient (Wildman–Crippen LogP) is 3.81. The minimum absolute atomic E-state index is 0.249. The number of nitrogen functional groups attached to an aromatic ring is 1. The number of alkyl halides is 1. The molecule has 5 nitrogen and oxygen atoms in total. The first kappa shape index (κ1) is 18.0. The van der Waals surface area contributed by atoms with E-state index in [1.54, 1.807) is 6.07 Å². The standard InChI is InChI=1S/C20H25FN4O/c1-3-23-18-11-19(25-9-8-14(21)12-25)16(10-17(18)22)20(26)24-15-6-4-13(2)5-7-15/h4-7,10-11,14,23H,3,8-9,12,22H2,1-2H3,(H,24,26)/t14-/m1/s1. The summed E-state index contributed by atoms with van der Waals surface area (Å²) in [6.45, 7) is 5.56. The molecule has 1 aliphatic heterocycles. The van der Waals surface area contributed by atoms with Crippen molar-refractivity contribution in [1.82, 2.24) is 0 Å². The van der Waals surface area contributed by atoms with Gasteiger partial charge >= 0.3 is 0 Å². The number of amides is 1. The van der Waals surface area contributed by atoms with Crippen molar-refractivity contribution in [3.63, 3.8) is 0 Å². The van der Waals surface area contributed by atoms with Crippen LogP contribution in [0.15, 0.2) is 36.4 Å². The Bertz CT molecular complexity index is 791. The van der Waals surface area contributed by atoms with Crippen molar-refractivity contribution in [3.8, 4) is 0 Å². The van der Waals surface area contributed by atoms with E-state index in [0.717, 1.165) is 11.3 Å². The van der Waals surface area contributed by atoms with Crippen molar-refractivity contribution in [3.05, 3.63) is 47.5 Å². The Hall–Kier alpha value is -2.76. The van der Waals surface area contributed by atoms with Gasteiger partial charge in [-0.1, -0.05) is 17.7 Å². The Morgan fingerprint density at radius 3 is 2.65 bits per heavy atom. The van der Waals surface area contributed by atoms with Crippen LogP contribution >= 0.6 is 0 Å². The molecule has 3 rings (SSSR count). The van der Waals surface area contributed by atoms with Crippen LogP contribution in [0.2, 0.25) is 0 Å². The number of benzene rings is 2. The van der Waals surface area contributed by atoms with Gasteiger partial charge in [0.05, 0.1) is 22.6 Å². The fourth-order valence-electron chi connectivity index (χ4n) is 3.16. The van der Waals surface area contributed by atoms with Crippen LogP contribution in [-0.2, 0) is 0 Å². The molecular weight excluding hydrogens is 331 g/mol. The lowest BCUT2D eigenvalue weighted by molar-refractivity contribution is 0.102. The van der Waals surface area contributed by atoms with Crippen LogP contribution in [-0.4, -0.2) is 31.7 Å². The quantitative estimate of drug-likeness (QED) is 0.713. The molecule has 0 aliphatic carbocycles. The number of nitrogens with two attached hydrogens (primary N) is 1. The molecular formula is C20H25FN4O. The van der Waals surface area contributed by atoms with Crippen molar-refractivity contribution in [1.29, 1.82) is 0 Å². The molecule has 0 bridgehead atoms. The fraction of sp³-hybridized carbons (Fsp3) is 0.350. The molecule has 138 valence electrons. The summed E-state index contributed by atoms with van der Waals surface area (Å²) in [6.07, 6.45) is -0.400. The minimum Gasteiger partial charge on any atom is -0.397 e. The molecule has 2 aromatic carbocycles. The Morgan fingerprint density at radius 1 is 1.31 bits per heavy atom. The van der Waals surface area contributed by atoms with Gasteiger partial charge in [-0.05, 0) is 44.5 Å². The first-order valence-electron chi connectivity index (χ1n) is 8.92. The van der Waals surface area contributed by atoms with Crippen LogP contribution in [0.25, 0.3) is 0 Å². The Labute approximate surface area is 153 Å². The van der Waals surface area contributed by atoms with Crippen molar-refractivity contribution in [2.75, 3.05) is 40.9 Å². The average Bonchev–Trinajstić information content (AvgIpc) is 3.05. The summed E-state index contributed by atoms with van der Waals surface area (Å²) in [4.78, 5) is 14.8. The second-order valence-corrected chi connectivity index (χ2v) is 6.64. The lowest BCUT2D eigenvalue weighted by Crippen LogP contribution is -2.25. The van der Waals surface area contributed by atoms with Crippen LogP contribution in [0.5, 0.6) is 0 Å². The van der Waals surface area contributed by atoms with E-state index in [4.69, 9.17) is 5.73 Å². The van der Waals surface area contributed by atoms with E-state index in [-0.39, 0.29) is 5.91 Å². The van der Waals surface area contributed by atoms with Gasteiger partial charge in [0.2, 0.25) is 0 Å². The fourth-order valence-corrected chi connectivity index (χ4v) is 3.16. The summed E-state index contributed by atoms with van der Waals surface area (Å²) >= 11 is 0. The molecule has 1 aliphatic rings. The summed E-state index contributed by atoms with van der Waals surface area (Å²) in [6, 6.07) is 11.1. The zero-order chi connectivity index (χ0) is 18.7. The average molecular weight is 356 g/mol. The second kappa shape index (κ2) is 7.64. The van der Waals surface area contributed by atoms with Crippen molar-refractivity contribution < 1.29 is 9.18 Å². The normalized spacial score (nSPS) is 16.6. The molecule has 1 heterocycles. The summed E-state index contributed by atoms with van der Waals surface area (Å²) in [5, 5.41) is 6.10. The third-order valence-electron chi connectivity index (χ3n) is 4.56. The number of nitrogens with one attached hydrogen (secondary N) is 2. The molecule has 0 unspecified atom stereocenters. The molecule has 0 aromatic heterocycles. The third kappa shape index (κ3) is 3.90. The van der Waals surface area contributed by atoms with Gasteiger partial charge in [-0.3, -0.25) is 4.79 Å². The van der Waals surface area contributed by atoms with Crippen LogP contribution in [0.4, 0.5) is 27.1 Å². The highest BCUT2D eigenvalue weighted by molar-refractivity contribution is 6.09. The lowest BCUT2D eigenvalue weighted by Gasteiger charge is -2.23. The molecule has 2 aromatic rings. The first-order chi connectivity index (χ1) is 12.5. The van der Waals surface area contributed by atoms with Gasteiger partial charge in [-0.15, -0.1) is 0 Å². The number of hydrogen-bond acceptors (Lipinski definition) is 4. The number of halogens is 1. The largest absolute Gasteiger partial charge is 0.397 e. The van der Waals surface area contributed by atoms with E-state index in [0.29, 0.717) is 48.7 Å². The van der Waals surface area contributed by atoms with Crippen molar-refractivity contribution in [2.24, 2.45) is 0 Å². The van der Waals surface area contributed by atoms with Gasteiger partial charge in [-0.2, -0.15) is 0 Å². The number of hydrogen-bond donors (Lipinski definition) is 3. The molecule has 1 atom stereocenters. The molecule has 6 heteroatoms. The zero-order valence-corrected chi connectivity index (χ0v) is 15.2. The van der Waals surface area contributed by atoms with E-state index in [1.165, 1.54) is 0 Å². The van der Waals surface area contributed by atoms with Crippen molar-refractivity contribution >= 4 is 28.7 Å². The summed E-state index contributed by atoms with van der Waals surface area (Å²) in [5.41, 5.74) is 10.4. The maximum Gasteiger partial charge on any atom is 0.257 e. The minimum atomic E-state index is -0.872. The molecule has 0 radical (unpaired) electrons. The van der Waals surface area contributed by atoms with E-state index in [9.17, 15) is 9.18 Å². The van der Waals surface area contributed by atoms with Gasteiger partial charge in [0, 0.05) is 25.3 Å². The highest BCUT2D eigenvalue weighted by Crippen LogP contribution is 2.33. The highest BCUT2D eigenvalue weighted by atomic mass is 19.1. The molecule has 26 heavy (non-hydrogen) atoms. The van der Waals surface area contributed by atoms with Crippen LogP contribution in [0.3, 0.4) is 0 Å². The van der Waals surface area contributed by atoms with Gasteiger partial charge in [0.25, 0.3) is 5.91 Å². The topological polar surface area (TPSA) is 70.4 Å². The third-order valence-corrected chi connectivity index (χ3v) is 4.56. The van der Waals surface area contributed by atoms with Gasteiger partial charge in [0.15, 0.2) is 0 Å². The molecule has 1 fully saturated rings. The van der Waals surface area contributed by atoms with E-state index in [1.807, 2.05) is 49.1 Å². The monoisotopic (exact) mass is 356 g/mol. The number of anilines is 4. The molecule has 1 amide bonds. The van der Waals surface area contributed by atoms with Gasteiger partial charge < -0.3 is 21.3 Å². The first-order valence-corrected chi connectivity index (χ1v) is 8.92. The highest BCUT2D eigenvalue weighted by Gasteiger charge is 2.26. The smallest absolute Gasteiger partial charge is 0.257 e. The van der Waals surface area contributed by atoms with Crippen molar-refractivity contribution in [2.45, 2.75) is 26.4 Å². The summed E-state index contributed by atoms with van der Waals surface area (Å²) in [5.74, 6) is -0.249. The predicted molar refractivity (Wildman–Crippen MR) is 106 cm³/mol. The summed E-state index contributed by atoms with van der Waals surface area (Å²) in [7, 11) is 0. The van der Waals surface area contributed by atoms with Gasteiger partial charge in [-0.25, -0.2) is 4.39 Å². The Kier molecular flexibility index (Phi) is 5.30. The van der Waals surface area contributed by atoms with Crippen LogP contribution in [0.1, 0.15) is 29.3 Å².